The normalized spacial score (nSPS) is 15.2. The molecule has 0 atom stereocenters. The molecule has 0 aliphatic carbocycles. The molecule has 1 aromatic carbocycles. The van der Waals surface area contributed by atoms with Crippen LogP contribution in [0.4, 0.5) is 4.39 Å². The van der Waals surface area contributed by atoms with E-state index in [9.17, 15) is 14.0 Å². The quantitative estimate of drug-likeness (QED) is 0.650. The molecule has 2 aromatic rings. The van der Waals surface area contributed by atoms with Crippen molar-refractivity contribution >= 4 is 23.4 Å². The molecular formula is C24H32ClFN4O3. The van der Waals surface area contributed by atoms with E-state index in [0.29, 0.717) is 38.2 Å². The number of aryl methyl sites for hydroxylation is 1. The first-order chi connectivity index (χ1) is 15.5. The van der Waals surface area contributed by atoms with Gasteiger partial charge < -0.3 is 19.6 Å². The van der Waals surface area contributed by atoms with Crippen LogP contribution in [0.15, 0.2) is 22.7 Å². The number of piperidine rings is 1. The lowest BCUT2D eigenvalue weighted by molar-refractivity contribution is -0.126. The molecule has 2 amide bonds. The molecule has 33 heavy (non-hydrogen) atoms. The van der Waals surface area contributed by atoms with Gasteiger partial charge in [-0.2, -0.15) is 0 Å². The van der Waals surface area contributed by atoms with Crippen LogP contribution in [-0.2, 0) is 4.79 Å². The van der Waals surface area contributed by atoms with Gasteiger partial charge in [0.1, 0.15) is 22.8 Å². The molecule has 1 aromatic heterocycles. The third-order valence-corrected chi connectivity index (χ3v) is 6.23. The predicted octanol–water partition coefficient (Wildman–Crippen LogP) is 4.00. The summed E-state index contributed by atoms with van der Waals surface area (Å²) in [6.45, 7) is 8.17. The minimum Gasteiger partial charge on any atom is -0.360 e. The minimum absolute atomic E-state index is 0.0221. The van der Waals surface area contributed by atoms with Gasteiger partial charge in [0.05, 0.1) is 10.6 Å². The van der Waals surface area contributed by atoms with E-state index in [0.717, 1.165) is 6.54 Å². The van der Waals surface area contributed by atoms with E-state index >= 15 is 0 Å². The van der Waals surface area contributed by atoms with Gasteiger partial charge in [-0.05, 0) is 51.4 Å². The molecule has 7 nitrogen and oxygen atoms in total. The topological polar surface area (TPSA) is 78.7 Å². The van der Waals surface area contributed by atoms with E-state index in [-0.39, 0.29) is 45.0 Å². The van der Waals surface area contributed by atoms with Crippen LogP contribution in [0.2, 0.25) is 5.02 Å². The molecule has 9 heteroatoms. The third-order valence-electron chi connectivity index (χ3n) is 5.91. The van der Waals surface area contributed by atoms with Crippen molar-refractivity contribution < 1.29 is 18.5 Å². The summed E-state index contributed by atoms with van der Waals surface area (Å²) in [4.78, 5) is 29.8. The molecule has 1 saturated heterocycles. The number of carbonyl (C=O) groups excluding carboxylic acids is 2. The number of aromatic nitrogens is 1. The zero-order valence-corrected chi connectivity index (χ0v) is 20.6. The summed E-state index contributed by atoms with van der Waals surface area (Å²) in [6, 6.07) is 4.30. The second-order valence-electron chi connectivity index (χ2n) is 9.75. The van der Waals surface area contributed by atoms with Crippen molar-refractivity contribution in [3.63, 3.8) is 0 Å². The fourth-order valence-corrected chi connectivity index (χ4v) is 4.66. The van der Waals surface area contributed by atoms with E-state index in [1.165, 1.54) is 12.1 Å². The molecule has 2 heterocycles. The summed E-state index contributed by atoms with van der Waals surface area (Å²) in [5.41, 5.74) is 0.319. The number of hydrogen-bond acceptors (Lipinski definition) is 5. The Bertz CT molecular complexity index is 993. The maximum Gasteiger partial charge on any atom is 0.259 e. The maximum absolute atomic E-state index is 14.5. The van der Waals surface area contributed by atoms with E-state index in [1.54, 1.807) is 17.9 Å². The summed E-state index contributed by atoms with van der Waals surface area (Å²) < 4.78 is 19.7. The lowest BCUT2D eigenvalue weighted by atomic mass is 9.91. The van der Waals surface area contributed by atoms with Gasteiger partial charge in [0.2, 0.25) is 5.91 Å². The van der Waals surface area contributed by atoms with Crippen LogP contribution < -0.4 is 5.32 Å². The summed E-state index contributed by atoms with van der Waals surface area (Å²) in [7, 11) is 4.03. The first kappa shape index (κ1) is 25.2. The van der Waals surface area contributed by atoms with E-state index in [4.69, 9.17) is 16.1 Å². The van der Waals surface area contributed by atoms with Gasteiger partial charge in [-0.15, -0.1) is 0 Å². The third kappa shape index (κ3) is 5.92. The second-order valence-corrected chi connectivity index (χ2v) is 10.2. The average Bonchev–Trinajstić information content (AvgIpc) is 3.11. The van der Waals surface area contributed by atoms with Crippen LogP contribution in [0.5, 0.6) is 0 Å². The number of likely N-dealkylation sites (tertiary alicyclic amines) is 1. The Morgan fingerprint density at radius 2 is 1.97 bits per heavy atom. The Labute approximate surface area is 199 Å². The van der Waals surface area contributed by atoms with Crippen molar-refractivity contribution in [3.8, 4) is 11.3 Å². The van der Waals surface area contributed by atoms with E-state index in [2.05, 4.69) is 29.2 Å². The highest BCUT2D eigenvalue weighted by Gasteiger charge is 2.33. The van der Waals surface area contributed by atoms with Crippen molar-refractivity contribution in [2.45, 2.75) is 33.6 Å². The molecule has 0 spiro atoms. The molecule has 0 radical (unpaired) electrons. The van der Waals surface area contributed by atoms with Crippen molar-refractivity contribution in [1.29, 1.82) is 0 Å². The maximum atomic E-state index is 14.5. The van der Waals surface area contributed by atoms with Gasteiger partial charge in [0.15, 0.2) is 0 Å². The number of nitrogens with zero attached hydrogens (tertiary/aromatic N) is 3. The predicted molar refractivity (Wildman–Crippen MR) is 126 cm³/mol. The molecule has 0 unspecified atom stereocenters. The molecule has 3 rings (SSSR count). The number of amides is 2. The minimum atomic E-state index is -0.572. The number of benzene rings is 1. The summed E-state index contributed by atoms with van der Waals surface area (Å²) in [6.07, 6.45) is 1.12. The Balaban J connectivity index is 1.65. The number of hydrogen-bond donors (Lipinski definition) is 1. The number of nitrogens with one attached hydrogen (secondary N) is 1. The Morgan fingerprint density at radius 1 is 1.30 bits per heavy atom. The monoisotopic (exact) mass is 478 g/mol. The van der Waals surface area contributed by atoms with Gasteiger partial charge in [-0.25, -0.2) is 4.39 Å². The van der Waals surface area contributed by atoms with Crippen LogP contribution in [0, 0.1) is 24.1 Å². The first-order valence-corrected chi connectivity index (χ1v) is 11.5. The molecule has 1 N–H and O–H groups in total. The van der Waals surface area contributed by atoms with Crippen LogP contribution in [-0.4, -0.2) is 67.0 Å². The molecule has 180 valence electrons. The van der Waals surface area contributed by atoms with Crippen LogP contribution >= 0.6 is 11.6 Å². The van der Waals surface area contributed by atoms with Crippen LogP contribution in [0.1, 0.15) is 42.8 Å². The van der Waals surface area contributed by atoms with Crippen LogP contribution in [0.3, 0.4) is 0 Å². The van der Waals surface area contributed by atoms with E-state index < -0.39 is 5.82 Å². The number of rotatable bonds is 7. The SMILES string of the molecule is Cc1onc(-c2c(F)cccc2Cl)c1C(=O)N1CCC(C(=O)NCC(C)(C)CN(C)C)CC1. The summed E-state index contributed by atoms with van der Waals surface area (Å²) in [5.74, 6) is -0.689. The van der Waals surface area contributed by atoms with Crippen molar-refractivity contribution in [1.82, 2.24) is 20.3 Å². The summed E-state index contributed by atoms with van der Waals surface area (Å²) in [5, 5.41) is 7.15. The summed E-state index contributed by atoms with van der Waals surface area (Å²) >= 11 is 6.19. The fourth-order valence-electron chi connectivity index (χ4n) is 4.40. The smallest absolute Gasteiger partial charge is 0.259 e. The zero-order chi connectivity index (χ0) is 24.3. The standard InChI is InChI=1S/C24H32ClFN4O3/c1-15-19(21(28-33-15)20-17(25)7-6-8-18(20)26)23(32)30-11-9-16(10-12-30)22(31)27-13-24(2,3)14-29(4)5/h6-8,16H,9-14H2,1-5H3,(H,27,31). The van der Waals surface area contributed by atoms with Crippen molar-refractivity contribution in [2.24, 2.45) is 11.3 Å². The van der Waals surface area contributed by atoms with Gasteiger partial charge >= 0.3 is 0 Å². The van der Waals surface area contributed by atoms with Gasteiger partial charge in [0.25, 0.3) is 5.91 Å². The lowest BCUT2D eigenvalue weighted by Gasteiger charge is -2.33. The molecular weight excluding hydrogens is 447 g/mol. The zero-order valence-electron chi connectivity index (χ0n) is 19.9. The molecule has 0 bridgehead atoms. The first-order valence-electron chi connectivity index (χ1n) is 11.1. The Morgan fingerprint density at radius 3 is 2.58 bits per heavy atom. The highest BCUT2D eigenvalue weighted by molar-refractivity contribution is 6.33. The fraction of sp³-hybridized carbons (Fsp3) is 0.542. The van der Waals surface area contributed by atoms with Gasteiger partial charge in [-0.1, -0.05) is 36.7 Å². The molecule has 1 aliphatic heterocycles. The highest BCUT2D eigenvalue weighted by Crippen LogP contribution is 2.34. The largest absolute Gasteiger partial charge is 0.360 e. The number of halogens is 2. The Hall–Kier alpha value is -2.45. The van der Waals surface area contributed by atoms with Gasteiger partial charge in [-0.3, -0.25) is 9.59 Å². The lowest BCUT2D eigenvalue weighted by Crippen LogP contribution is -2.46. The molecule has 1 aliphatic rings. The second kappa shape index (κ2) is 10.2. The van der Waals surface area contributed by atoms with Crippen molar-refractivity contribution in [2.75, 3.05) is 40.3 Å². The highest BCUT2D eigenvalue weighted by atomic mass is 35.5. The van der Waals surface area contributed by atoms with Gasteiger partial charge in [0, 0.05) is 32.1 Å². The molecule has 0 saturated carbocycles. The molecule has 1 fully saturated rings. The Kier molecular flexibility index (Phi) is 7.80. The average molecular weight is 479 g/mol. The van der Waals surface area contributed by atoms with E-state index in [1.807, 2.05) is 14.1 Å². The van der Waals surface area contributed by atoms with Crippen LogP contribution in [0.25, 0.3) is 11.3 Å². The van der Waals surface area contributed by atoms with Crippen molar-refractivity contribution in [3.05, 3.63) is 40.4 Å². The number of carbonyl (C=O) groups is 2.